The van der Waals surface area contributed by atoms with Gasteiger partial charge in [0.1, 0.15) is 5.82 Å². The quantitative estimate of drug-likeness (QED) is 0.849. The first-order chi connectivity index (χ1) is 10.1. The fraction of sp³-hybridized carbons (Fsp3) is 0.412. The van der Waals surface area contributed by atoms with Gasteiger partial charge in [-0.25, -0.2) is 4.98 Å². The molecule has 0 aliphatic rings. The van der Waals surface area contributed by atoms with Crippen LogP contribution in [0.4, 0.5) is 5.82 Å². The van der Waals surface area contributed by atoms with Crippen LogP contribution in [0.1, 0.15) is 25.0 Å². The maximum Gasteiger partial charge on any atom is 0.128 e. The number of hydrogen-bond donors (Lipinski definition) is 1. The van der Waals surface area contributed by atoms with Gasteiger partial charge in [0.05, 0.1) is 0 Å². The second-order valence-electron chi connectivity index (χ2n) is 5.76. The Morgan fingerprint density at radius 3 is 2.52 bits per heavy atom. The van der Waals surface area contributed by atoms with Gasteiger partial charge in [0, 0.05) is 38.7 Å². The molecule has 4 nitrogen and oxygen atoms in total. The number of rotatable bonds is 7. The van der Waals surface area contributed by atoms with Crippen LogP contribution in [-0.2, 0) is 13.1 Å². The van der Waals surface area contributed by atoms with Crippen LogP contribution in [0.25, 0.3) is 0 Å². The van der Waals surface area contributed by atoms with Gasteiger partial charge >= 0.3 is 0 Å². The van der Waals surface area contributed by atoms with Crippen LogP contribution in [0.5, 0.6) is 0 Å². The van der Waals surface area contributed by atoms with Crippen LogP contribution in [-0.4, -0.2) is 23.6 Å². The van der Waals surface area contributed by atoms with Gasteiger partial charge < -0.3 is 10.2 Å². The predicted molar refractivity (Wildman–Crippen MR) is 87.1 cm³/mol. The molecule has 0 saturated heterocycles. The largest absolute Gasteiger partial charge is 0.355 e. The molecule has 0 saturated carbocycles. The van der Waals surface area contributed by atoms with Crippen molar-refractivity contribution in [2.75, 3.05) is 18.5 Å². The summed E-state index contributed by atoms with van der Waals surface area (Å²) in [7, 11) is 2.06. The first-order valence-electron chi connectivity index (χ1n) is 7.41. The summed E-state index contributed by atoms with van der Waals surface area (Å²) in [6, 6.07) is 8.28. The Kier molecular flexibility index (Phi) is 5.69. The number of anilines is 1. The first kappa shape index (κ1) is 15.4. The maximum absolute atomic E-state index is 4.46. The van der Waals surface area contributed by atoms with E-state index in [1.165, 1.54) is 11.1 Å². The Morgan fingerprint density at radius 1 is 1.10 bits per heavy atom. The maximum atomic E-state index is 4.46. The minimum Gasteiger partial charge on any atom is -0.355 e. The summed E-state index contributed by atoms with van der Waals surface area (Å²) in [5, 5.41) is 3.46. The molecule has 21 heavy (non-hydrogen) atoms. The van der Waals surface area contributed by atoms with Crippen LogP contribution >= 0.6 is 0 Å². The van der Waals surface area contributed by atoms with Crippen molar-refractivity contribution in [1.29, 1.82) is 0 Å². The molecule has 112 valence electrons. The third-order valence-electron chi connectivity index (χ3n) is 3.25. The molecule has 2 heterocycles. The summed E-state index contributed by atoms with van der Waals surface area (Å²) in [6.07, 6.45) is 5.52. The molecular formula is C17H24N4. The molecule has 2 rings (SSSR count). The van der Waals surface area contributed by atoms with E-state index >= 15 is 0 Å². The molecule has 0 spiro atoms. The molecule has 1 N–H and O–H groups in total. The smallest absolute Gasteiger partial charge is 0.128 e. The van der Waals surface area contributed by atoms with Crippen LogP contribution in [0.3, 0.4) is 0 Å². The molecule has 0 fully saturated rings. The highest BCUT2D eigenvalue weighted by molar-refractivity contribution is 5.40. The monoisotopic (exact) mass is 284 g/mol. The highest BCUT2D eigenvalue weighted by Gasteiger charge is 2.05. The van der Waals surface area contributed by atoms with E-state index in [0.29, 0.717) is 5.92 Å². The summed E-state index contributed by atoms with van der Waals surface area (Å²) in [6.45, 7) is 7.18. The Bertz CT molecular complexity index is 539. The lowest BCUT2D eigenvalue weighted by molar-refractivity contribution is 0.552. The number of pyridine rings is 2. The zero-order valence-corrected chi connectivity index (χ0v) is 13.1. The van der Waals surface area contributed by atoms with Crippen molar-refractivity contribution in [2.45, 2.75) is 26.9 Å². The Morgan fingerprint density at radius 2 is 1.81 bits per heavy atom. The summed E-state index contributed by atoms with van der Waals surface area (Å²) >= 11 is 0. The molecule has 0 atom stereocenters. The highest BCUT2D eigenvalue weighted by Crippen LogP contribution is 2.14. The van der Waals surface area contributed by atoms with E-state index in [0.717, 1.165) is 25.5 Å². The molecule has 4 heteroatoms. The number of aromatic nitrogens is 2. The van der Waals surface area contributed by atoms with Crippen molar-refractivity contribution in [3.63, 3.8) is 0 Å². The van der Waals surface area contributed by atoms with Gasteiger partial charge in [0.2, 0.25) is 0 Å². The second kappa shape index (κ2) is 7.74. The van der Waals surface area contributed by atoms with Crippen molar-refractivity contribution < 1.29 is 0 Å². The third-order valence-corrected chi connectivity index (χ3v) is 3.25. The molecular weight excluding hydrogens is 260 g/mol. The summed E-state index contributed by atoms with van der Waals surface area (Å²) in [5.41, 5.74) is 2.50. The van der Waals surface area contributed by atoms with Crippen LogP contribution in [0.2, 0.25) is 0 Å². The van der Waals surface area contributed by atoms with Crippen molar-refractivity contribution in [3.05, 3.63) is 54.0 Å². The van der Waals surface area contributed by atoms with E-state index in [9.17, 15) is 0 Å². The molecule has 0 radical (unpaired) electrons. The molecule has 0 aliphatic heterocycles. The molecule has 0 unspecified atom stereocenters. The van der Waals surface area contributed by atoms with Crippen molar-refractivity contribution in [3.8, 4) is 0 Å². The molecule has 2 aromatic heterocycles. The highest BCUT2D eigenvalue weighted by atomic mass is 15.2. The van der Waals surface area contributed by atoms with E-state index < -0.39 is 0 Å². The minimum atomic E-state index is 0.667. The lowest BCUT2D eigenvalue weighted by Gasteiger charge is -2.19. The van der Waals surface area contributed by atoms with Crippen LogP contribution in [0.15, 0.2) is 42.9 Å². The minimum absolute atomic E-state index is 0.667. The van der Waals surface area contributed by atoms with E-state index in [4.69, 9.17) is 0 Å². The average molecular weight is 284 g/mol. The van der Waals surface area contributed by atoms with Gasteiger partial charge in [-0.3, -0.25) is 4.98 Å². The topological polar surface area (TPSA) is 41.1 Å². The van der Waals surface area contributed by atoms with Gasteiger partial charge in [-0.05, 0) is 47.9 Å². The van der Waals surface area contributed by atoms with Crippen molar-refractivity contribution in [1.82, 2.24) is 15.3 Å². The predicted octanol–water partition coefficient (Wildman–Crippen LogP) is 2.86. The average Bonchev–Trinajstić information content (AvgIpc) is 2.48. The van der Waals surface area contributed by atoms with Crippen molar-refractivity contribution >= 4 is 5.82 Å². The van der Waals surface area contributed by atoms with Crippen LogP contribution < -0.4 is 10.2 Å². The number of nitrogens with one attached hydrogen (secondary N) is 1. The van der Waals surface area contributed by atoms with Gasteiger partial charge in [-0.2, -0.15) is 0 Å². The Balaban J connectivity index is 1.96. The zero-order chi connectivity index (χ0) is 15.1. The number of hydrogen-bond acceptors (Lipinski definition) is 4. The van der Waals surface area contributed by atoms with Gasteiger partial charge in [-0.15, -0.1) is 0 Å². The normalized spacial score (nSPS) is 10.9. The van der Waals surface area contributed by atoms with Gasteiger partial charge in [0.25, 0.3) is 0 Å². The SMILES string of the molecule is CC(C)CNCc1ccnc(N(C)Cc2ccncc2)c1. The fourth-order valence-electron chi connectivity index (χ4n) is 2.13. The molecule has 0 amide bonds. The van der Waals surface area contributed by atoms with Crippen LogP contribution in [0, 0.1) is 5.92 Å². The Labute approximate surface area is 127 Å². The first-order valence-corrected chi connectivity index (χ1v) is 7.41. The molecule has 0 bridgehead atoms. The molecule has 0 aromatic carbocycles. The lowest BCUT2D eigenvalue weighted by Crippen LogP contribution is -2.20. The molecule has 2 aromatic rings. The third kappa shape index (κ3) is 5.16. The summed E-state index contributed by atoms with van der Waals surface area (Å²) in [5.74, 6) is 1.66. The summed E-state index contributed by atoms with van der Waals surface area (Å²) in [4.78, 5) is 10.7. The fourth-order valence-corrected chi connectivity index (χ4v) is 2.13. The second-order valence-corrected chi connectivity index (χ2v) is 5.76. The lowest BCUT2D eigenvalue weighted by atomic mass is 10.2. The van der Waals surface area contributed by atoms with Gasteiger partial charge in [0.15, 0.2) is 0 Å². The van der Waals surface area contributed by atoms with E-state index in [1.54, 1.807) is 0 Å². The summed E-state index contributed by atoms with van der Waals surface area (Å²) < 4.78 is 0. The standard InChI is InChI=1S/C17H24N4/c1-14(2)11-19-12-16-6-9-20-17(10-16)21(3)13-15-4-7-18-8-5-15/h4-10,14,19H,11-13H2,1-3H3. The van der Waals surface area contributed by atoms with E-state index in [1.807, 2.05) is 30.7 Å². The zero-order valence-electron chi connectivity index (χ0n) is 13.1. The Hall–Kier alpha value is -1.94. The van der Waals surface area contributed by atoms with Crippen molar-refractivity contribution in [2.24, 2.45) is 5.92 Å². The van der Waals surface area contributed by atoms with E-state index in [-0.39, 0.29) is 0 Å². The molecule has 0 aliphatic carbocycles. The van der Waals surface area contributed by atoms with Gasteiger partial charge in [-0.1, -0.05) is 13.8 Å². The van der Waals surface area contributed by atoms with E-state index in [2.05, 4.69) is 53.2 Å². The number of nitrogens with zero attached hydrogens (tertiary/aromatic N) is 3.